The predicted octanol–water partition coefficient (Wildman–Crippen LogP) is 4.59. The number of nitrogens with zero attached hydrogens (tertiary/aromatic N) is 1. The van der Waals surface area contributed by atoms with Crippen molar-refractivity contribution in [1.29, 1.82) is 0 Å². The van der Waals surface area contributed by atoms with Crippen molar-refractivity contribution in [2.75, 3.05) is 0 Å². The standard InChI is InChI=1S/C15H12ClF2NO2/c1-3-9-5-10(7-19-14(9)16)11-6-13-12(4-8(11)2)20-15(17,18)21-13/h4-7H,3H2,1-2H3. The van der Waals surface area contributed by atoms with E-state index in [4.69, 9.17) is 11.6 Å². The average molecular weight is 312 g/mol. The topological polar surface area (TPSA) is 31.4 Å². The summed E-state index contributed by atoms with van der Waals surface area (Å²) < 4.78 is 35.1. The van der Waals surface area contributed by atoms with Crippen molar-refractivity contribution in [3.8, 4) is 22.6 Å². The Kier molecular flexibility index (Phi) is 3.24. The normalized spacial score (nSPS) is 15.3. The molecule has 3 nitrogen and oxygen atoms in total. The molecule has 0 fully saturated rings. The third-order valence-electron chi connectivity index (χ3n) is 3.35. The van der Waals surface area contributed by atoms with Crippen molar-refractivity contribution >= 4 is 11.6 Å². The summed E-state index contributed by atoms with van der Waals surface area (Å²) in [6.45, 7) is 3.79. The lowest BCUT2D eigenvalue weighted by Crippen LogP contribution is -2.25. The van der Waals surface area contributed by atoms with Crippen LogP contribution in [0.4, 0.5) is 8.78 Å². The van der Waals surface area contributed by atoms with Crippen LogP contribution in [0.25, 0.3) is 11.1 Å². The van der Waals surface area contributed by atoms with Crippen LogP contribution in [-0.2, 0) is 6.42 Å². The summed E-state index contributed by atoms with van der Waals surface area (Å²) in [5.41, 5.74) is 3.25. The van der Waals surface area contributed by atoms with Crippen LogP contribution in [0.3, 0.4) is 0 Å². The van der Waals surface area contributed by atoms with Crippen molar-refractivity contribution in [2.24, 2.45) is 0 Å². The number of benzene rings is 1. The van der Waals surface area contributed by atoms with Crippen molar-refractivity contribution < 1.29 is 18.3 Å². The summed E-state index contributed by atoms with van der Waals surface area (Å²) in [5, 5.41) is 0.450. The second kappa shape index (κ2) is 4.84. The number of hydrogen-bond acceptors (Lipinski definition) is 3. The number of alkyl halides is 2. The van der Waals surface area contributed by atoms with Gasteiger partial charge < -0.3 is 9.47 Å². The van der Waals surface area contributed by atoms with E-state index in [-0.39, 0.29) is 11.5 Å². The number of aryl methyl sites for hydroxylation is 2. The molecule has 21 heavy (non-hydrogen) atoms. The fourth-order valence-corrected chi connectivity index (χ4v) is 2.53. The zero-order valence-electron chi connectivity index (χ0n) is 11.4. The second-order valence-corrected chi connectivity index (χ2v) is 5.17. The maximum atomic E-state index is 13.1. The van der Waals surface area contributed by atoms with Gasteiger partial charge in [-0.2, -0.15) is 0 Å². The first-order valence-corrected chi connectivity index (χ1v) is 6.82. The van der Waals surface area contributed by atoms with Crippen LogP contribution >= 0.6 is 11.6 Å². The van der Waals surface area contributed by atoms with Crippen LogP contribution in [0.2, 0.25) is 5.15 Å². The van der Waals surface area contributed by atoms with Gasteiger partial charge in [-0.05, 0) is 48.2 Å². The minimum Gasteiger partial charge on any atom is -0.395 e. The summed E-state index contributed by atoms with van der Waals surface area (Å²) >= 11 is 6.00. The lowest BCUT2D eigenvalue weighted by atomic mass is 10.00. The van der Waals surface area contributed by atoms with E-state index in [9.17, 15) is 8.78 Å². The first kappa shape index (κ1) is 14.1. The summed E-state index contributed by atoms with van der Waals surface area (Å²) in [6.07, 6.45) is -1.26. The van der Waals surface area contributed by atoms with E-state index in [1.165, 1.54) is 12.1 Å². The highest BCUT2D eigenvalue weighted by Gasteiger charge is 2.43. The largest absolute Gasteiger partial charge is 0.586 e. The van der Waals surface area contributed by atoms with Crippen molar-refractivity contribution in [2.45, 2.75) is 26.6 Å². The maximum Gasteiger partial charge on any atom is 0.586 e. The summed E-state index contributed by atoms with van der Waals surface area (Å²) in [6, 6.07) is 4.97. The van der Waals surface area contributed by atoms with E-state index < -0.39 is 6.29 Å². The number of halogens is 3. The van der Waals surface area contributed by atoms with Crippen molar-refractivity contribution in [3.05, 3.63) is 40.7 Å². The molecule has 0 saturated heterocycles. The van der Waals surface area contributed by atoms with Gasteiger partial charge in [0.05, 0.1) is 0 Å². The minimum absolute atomic E-state index is 0.0219. The Hall–Kier alpha value is -1.88. The van der Waals surface area contributed by atoms with E-state index in [0.717, 1.165) is 28.7 Å². The fourth-order valence-electron chi connectivity index (χ4n) is 2.30. The van der Waals surface area contributed by atoms with Gasteiger partial charge in [0.1, 0.15) is 5.15 Å². The number of aromatic nitrogens is 1. The molecule has 2 aromatic rings. The highest BCUT2D eigenvalue weighted by atomic mass is 35.5. The molecular formula is C15H12ClF2NO2. The van der Waals surface area contributed by atoms with Crippen molar-refractivity contribution in [1.82, 2.24) is 4.98 Å². The molecule has 0 aliphatic carbocycles. The molecule has 1 aromatic heterocycles. The molecule has 6 heteroatoms. The SMILES string of the molecule is CCc1cc(-c2cc3c(cc2C)OC(F)(F)O3)cnc1Cl. The summed E-state index contributed by atoms with van der Waals surface area (Å²) in [7, 11) is 0. The van der Waals surface area contributed by atoms with E-state index >= 15 is 0 Å². The average Bonchev–Trinajstić information content (AvgIpc) is 2.71. The van der Waals surface area contributed by atoms with Crippen LogP contribution in [-0.4, -0.2) is 11.3 Å². The predicted molar refractivity (Wildman–Crippen MR) is 75.0 cm³/mol. The Labute approximate surface area is 125 Å². The van der Waals surface area contributed by atoms with Crippen molar-refractivity contribution in [3.63, 3.8) is 0 Å². The molecule has 0 unspecified atom stereocenters. The van der Waals surface area contributed by atoms with Gasteiger partial charge in [0.15, 0.2) is 11.5 Å². The van der Waals surface area contributed by atoms with Crippen LogP contribution in [0, 0.1) is 6.92 Å². The highest BCUT2D eigenvalue weighted by molar-refractivity contribution is 6.30. The molecule has 1 aliphatic rings. The molecule has 1 aromatic carbocycles. The van der Waals surface area contributed by atoms with Gasteiger partial charge in [0.25, 0.3) is 0 Å². The number of rotatable bonds is 2. The zero-order chi connectivity index (χ0) is 15.2. The molecule has 2 heterocycles. The zero-order valence-corrected chi connectivity index (χ0v) is 12.2. The first-order chi connectivity index (χ1) is 9.89. The van der Waals surface area contributed by atoms with E-state index in [0.29, 0.717) is 5.15 Å². The summed E-state index contributed by atoms with van der Waals surface area (Å²) in [4.78, 5) is 4.13. The Morgan fingerprint density at radius 1 is 1.19 bits per heavy atom. The number of pyridine rings is 1. The van der Waals surface area contributed by atoms with E-state index in [1.807, 2.05) is 19.9 Å². The van der Waals surface area contributed by atoms with Crippen LogP contribution in [0.5, 0.6) is 11.5 Å². The lowest BCUT2D eigenvalue weighted by molar-refractivity contribution is -0.286. The van der Waals surface area contributed by atoms with Gasteiger partial charge in [-0.25, -0.2) is 4.98 Å². The van der Waals surface area contributed by atoms with Gasteiger partial charge in [-0.1, -0.05) is 18.5 Å². The fraction of sp³-hybridized carbons (Fsp3) is 0.267. The Morgan fingerprint density at radius 3 is 2.52 bits per heavy atom. The van der Waals surface area contributed by atoms with Gasteiger partial charge in [0.2, 0.25) is 0 Å². The Morgan fingerprint density at radius 2 is 1.86 bits per heavy atom. The Balaban J connectivity index is 2.08. The molecule has 0 spiro atoms. The second-order valence-electron chi connectivity index (χ2n) is 4.81. The molecule has 0 atom stereocenters. The van der Waals surface area contributed by atoms with Gasteiger partial charge in [-0.15, -0.1) is 8.78 Å². The molecule has 110 valence electrons. The smallest absolute Gasteiger partial charge is 0.395 e. The highest BCUT2D eigenvalue weighted by Crippen LogP contribution is 2.44. The van der Waals surface area contributed by atoms with Crippen LogP contribution < -0.4 is 9.47 Å². The first-order valence-electron chi connectivity index (χ1n) is 6.45. The maximum absolute atomic E-state index is 13.1. The van der Waals surface area contributed by atoms with Crippen LogP contribution in [0.1, 0.15) is 18.1 Å². The number of hydrogen-bond donors (Lipinski definition) is 0. The van der Waals surface area contributed by atoms with E-state index in [2.05, 4.69) is 14.5 Å². The van der Waals surface area contributed by atoms with E-state index in [1.54, 1.807) is 6.20 Å². The Bertz CT molecular complexity index is 719. The van der Waals surface area contributed by atoms with Gasteiger partial charge in [0, 0.05) is 11.8 Å². The third-order valence-corrected chi connectivity index (χ3v) is 3.69. The molecule has 0 bridgehead atoms. The quantitative estimate of drug-likeness (QED) is 0.760. The molecule has 0 N–H and O–H groups in total. The molecule has 3 rings (SSSR count). The number of fused-ring (bicyclic) bond motifs is 1. The molecule has 0 saturated carbocycles. The molecular weight excluding hydrogens is 300 g/mol. The minimum atomic E-state index is -3.61. The van der Waals surface area contributed by atoms with Crippen LogP contribution in [0.15, 0.2) is 24.4 Å². The third kappa shape index (κ3) is 2.53. The number of ether oxygens (including phenoxy) is 2. The lowest BCUT2D eigenvalue weighted by Gasteiger charge is -2.09. The monoisotopic (exact) mass is 311 g/mol. The molecule has 0 radical (unpaired) electrons. The molecule has 1 aliphatic heterocycles. The van der Waals surface area contributed by atoms with Gasteiger partial charge >= 0.3 is 6.29 Å². The molecule has 0 amide bonds. The van der Waals surface area contributed by atoms with Gasteiger partial charge in [-0.3, -0.25) is 0 Å². The summed E-state index contributed by atoms with van der Waals surface area (Å²) in [5.74, 6) is 0.0625.